The van der Waals surface area contributed by atoms with Crippen molar-refractivity contribution < 1.29 is 4.42 Å². The van der Waals surface area contributed by atoms with E-state index in [-0.39, 0.29) is 11.1 Å². The number of hydrogen-bond acceptors (Lipinski definition) is 4. The van der Waals surface area contributed by atoms with Gasteiger partial charge in [-0.15, -0.1) is 0 Å². The summed E-state index contributed by atoms with van der Waals surface area (Å²) in [6.07, 6.45) is 3.33. The molecule has 2 rings (SSSR count). The maximum absolute atomic E-state index is 12.2. The molecule has 0 spiro atoms. The molecule has 0 aliphatic rings. The van der Waals surface area contributed by atoms with Crippen molar-refractivity contribution in [3.05, 3.63) is 46.4 Å². The molecule has 2 aromatic rings. The molecule has 0 aliphatic carbocycles. The lowest BCUT2D eigenvalue weighted by Gasteiger charge is -2.22. The first-order chi connectivity index (χ1) is 8.88. The first-order valence-corrected chi connectivity index (χ1v) is 6.25. The highest BCUT2D eigenvalue weighted by molar-refractivity contribution is 5.31. The molecule has 0 fully saturated rings. The summed E-state index contributed by atoms with van der Waals surface area (Å²) in [6.45, 7) is 8.28. The van der Waals surface area contributed by atoms with Gasteiger partial charge in [-0.1, -0.05) is 0 Å². The van der Waals surface area contributed by atoms with Gasteiger partial charge in [0.2, 0.25) is 0 Å². The molecule has 2 heterocycles. The minimum absolute atomic E-state index is 0.127. The number of nitrogens with one attached hydrogen (secondary N) is 1. The van der Waals surface area contributed by atoms with E-state index >= 15 is 0 Å². The molecule has 0 bridgehead atoms. The summed E-state index contributed by atoms with van der Waals surface area (Å²) < 4.78 is 7.11. The van der Waals surface area contributed by atoms with E-state index in [0.29, 0.717) is 12.4 Å². The molecule has 0 radical (unpaired) electrons. The van der Waals surface area contributed by atoms with Gasteiger partial charge in [0.15, 0.2) is 5.82 Å². The Bertz CT molecular complexity index is 620. The van der Waals surface area contributed by atoms with Crippen molar-refractivity contribution in [2.75, 3.05) is 5.32 Å². The summed E-state index contributed by atoms with van der Waals surface area (Å²) in [5, 5.41) is 3.02. The van der Waals surface area contributed by atoms with Crippen molar-refractivity contribution in [3.63, 3.8) is 0 Å². The Balaban J connectivity index is 2.20. The average molecular weight is 261 g/mol. The summed E-state index contributed by atoms with van der Waals surface area (Å²) in [5.74, 6) is 1.97. The Morgan fingerprint density at radius 1 is 1.37 bits per heavy atom. The molecule has 102 valence electrons. The Labute approximate surface area is 112 Å². The molecule has 0 amide bonds. The zero-order valence-electron chi connectivity index (χ0n) is 11.7. The van der Waals surface area contributed by atoms with E-state index in [2.05, 4.69) is 10.3 Å². The molecular weight excluding hydrogens is 242 g/mol. The van der Waals surface area contributed by atoms with E-state index in [9.17, 15) is 4.79 Å². The number of aromatic nitrogens is 2. The molecule has 1 N–H and O–H groups in total. The molecule has 0 aliphatic heterocycles. The molecule has 0 atom stereocenters. The fraction of sp³-hybridized carbons (Fsp3) is 0.429. The highest BCUT2D eigenvalue weighted by Gasteiger charge is 2.16. The van der Waals surface area contributed by atoms with Crippen LogP contribution in [0.4, 0.5) is 5.82 Å². The molecule has 0 saturated heterocycles. The third-order valence-corrected chi connectivity index (χ3v) is 2.79. The molecule has 5 heteroatoms. The van der Waals surface area contributed by atoms with Gasteiger partial charge in [-0.25, -0.2) is 4.98 Å². The zero-order valence-corrected chi connectivity index (χ0v) is 11.7. The smallest absolute Gasteiger partial charge is 0.293 e. The SMILES string of the molecule is Cc1ccc(CNc2nccn(C(C)(C)C)c2=O)o1. The van der Waals surface area contributed by atoms with Gasteiger partial charge >= 0.3 is 0 Å². The van der Waals surface area contributed by atoms with Crippen LogP contribution in [0.5, 0.6) is 0 Å². The van der Waals surface area contributed by atoms with Crippen LogP contribution < -0.4 is 10.9 Å². The van der Waals surface area contributed by atoms with Crippen LogP contribution >= 0.6 is 0 Å². The van der Waals surface area contributed by atoms with E-state index in [4.69, 9.17) is 4.42 Å². The van der Waals surface area contributed by atoms with E-state index < -0.39 is 0 Å². The predicted octanol–water partition coefficient (Wildman–Crippen LogP) is 2.51. The largest absolute Gasteiger partial charge is 0.465 e. The summed E-state index contributed by atoms with van der Waals surface area (Å²) in [5.41, 5.74) is -0.393. The normalized spacial score (nSPS) is 11.6. The van der Waals surface area contributed by atoms with Crippen molar-refractivity contribution in [1.82, 2.24) is 9.55 Å². The fourth-order valence-corrected chi connectivity index (χ4v) is 1.81. The van der Waals surface area contributed by atoms with Gasteiger partial charge in [-0.2, -0.15) is 0 Å². The average Bonchev–Trinajstić information content (AvgIpc) is 2.72. The maximum Gasteiger partial charge on any atom is 0.293 e. The number of hydrogen-bond donors (Lipinski definition) is 1. The Morgan fingerprint density at radius 2 is 2.11 bits per heavy atom. The van der Waals surface area contributed by atoms with E-state index in [0.717, 1.165) is 11.5 Å². The van der Waals surface area contributed by atoms with Gasteiger partial charge < -0.3 is 14.3 Å². The third-order valence-electron chi connectivity index (χ3n) is 2.79. The zero-order chi connectivity index (χ0) is 14.0. The number of nitrogens with zero attached hydrogens (tertiary/aromatic N) is 2. The van der Waals surface area contributed by atoms with Crippen LogP contribution in [0, 0.1) is 6.92 Å². The number of aryl methyl sites for hydroxylation is 1. The molecule has 5 nitrogen and oxygen atoms in total. The van der Waals surface area contributed by atoms with Crippen LogP contribution in [-0.2, 0) is 12.1 Å². The lowest BCUT2D eigenvalue weighted by molar-refractivity contribution is 0.383. The van der Waals surface area contributed by atoms with Crippen LogP contribution in [0.15, 0.2) is 33.7 Å². The molecular formula is C14H19N3O2. The first kappa shape index (κ1) is 13.4. The highest BCUT2D eigenvalue weighted by atomic mass is 16.3. The summed E-state index contributed by atoms with van der Waals surface area (Å²) >= 11 is 0. The lowest BCUT2D eigenvalue weighted by Crippen LogP contribution is -2.35. The quantitative estimate of drug-likeness (QED) is 0.922. The second-order valence-electron chi connectivity index (χ2n) is 5.49. The lowest BCUT2D eigenvalue weighted by atomic mass is 10.1. The third kappa shape index (κ3) is 3.05. The van der Waals surface area contributed by atoms with Crippen molar-refractivity contribution >= 4 is 5.82 Å². The van der Waals surface area contributed by atoms with E-state index in [1.165, 1.54) is 0 Å². The minimum atomic E-state index is -0.266. The van der Waals surface area contributed by atoms with Crippen molar-refractivity contribution in [1.29, 1.82) is 0 Å². The Morgan fingerprint density at radius 3 is 2.68 bits per heavy atom. The van der Waals surface area contributed by atoms with Gasteiger partial charge in [0.25, 0.3) is 5.56 Å². The predicted molar refractivity (Wildman–Crippen MR) is 74.3 cm³/mol. The molecule has 0 unspecified atom stereocenters. The molecule has 0 aromatic carbocycles. The maximum atomic E-state index is 12.2. The van der Waals surface area contributed by atoms with Crippen LogP contribution in [0.1, 0.15) is 32.3 Å². The minimum Gasteiger partial charge on any atom is -0.465 e. The van der Waals surface area contributed by atoms with Crippen molar-refractivity contribution in [3.8, 4) is 0 Å². The number of rotatable bonds is 3. The fourth-order valence-electron chi connectivity index (χ4n) is 1.81. The molecule has 2 aromatic heterocycles. The second-order valence-corrected chi connectivity index (χ2v) is 5.49. The summed E-state index contributed by atoms with van der Waals surface area (Å²) in [7, 11) is 0. The monoisotopic (exact) mass is 261 g/mol. The highest BCUT2D eigenvalue weighted by Crippen LogP contribution is 2.11. The standard InChI is InChI=1S/C14H19N3O2/c1-10-5-6-11(19-10)9-16-12-13(18)17(8-7-15-12)14(2,3)4/h5-8H,9H2,1-4H3,(H,15,16). The topological polar surface area (TPSA) is 60.1 Å². The number of furan rings is 1. The summed E-state index contributed by atoms with van der Waals surface area (Å²) in [6, 6.07) is 3.77. The van der Waals surface area contributed by atoms with Crippen molar-refractivity contribution in [2.24, 2.45) is 0 Å². The van der Waals surface area contributed by atoms with Crippen LogP contribution in [0.25, 0.3) is 0 Å². The van der Waals surface area contributed by atoms with Gasteiger partial charge in [-0.3, -0.25) is 4.79 Å². The van der Waals surface area contributed by atoms with Crippen molar-refractivity contribution in [2.45, 2.75) is 39.8 Å². The Hall–Kier alpha value is -2.04. The Kier molecular flexibility index (Phi) is 3.46. The van der Waals surface area contributed by atoms with Gasteiger partial charge in [-0.05, 0) is 39.8 Å². The van der Waals surface area contributed by atoms with Gasteiger partial charge in [0.05, 0.1) is 6.54 Å². The van der Waals surface area contributed by atoms with Gasteiger partial charge in [0, 0.05) is 17.9 Å². The first-order valence-electron chi connectivity index (χ1n) is 6.25. The second kappa shape index (κ2) is 4.91. The number of anilines is 1. The van der Waals surface area contributed by atoms with Crippen LogP contribution in [0.3, 0.4) is 0 Å². The summed E-state index contributed by atoms with van der Waals surface area (Å²) in [4.78, 5) is 16.3. The van der Waals surface area contributed by atoms with Gasteiger partial charge in [0.1, 0.15) is 11.5 Å². The molecule has 0 saturated carbocycles. The van der Waals surface area contributed by atoms with Crippen LogP contribution in [-0.4, -0.2) is 9.55 Å². The molecule has 19 heavy (non-hydrogen) atoms. The van der Waals surface area contributed by atoms with Crippen LogP contribution in [0.2, 0.25) is 0 Å². The van der Waals surface area contributed by atoms with E-state index in [1.807, 2.05) is 39.8 Å². The van der Waals surface area contributed by atoms with E-state index in [1.54, 1.807) is 17.0 Å².